The number of hydrogen-bond donors (Lipinski definition) is 1. The summed E-state index contributed by atoms with van der Waals surface area (Å²) in [5.74, 6) is 0.956. The van der Waals surface area contributed by atoms with Crippen molar-refractivity contribution in [1.82, 2.24) is 5.32 Å². The Morgan fingerprint density at radius 3 is 2.93 bits per heavy atom. The molecule has 2 nitrogen and oxygen atoms in total. The maximum absolute atomic E-state index is 5.85. The lowest BCUT2D eigenvalue weighted by Gasteiger charge is -2.09. The average Bonchev–Trinajstić information content (AvgIpc) is 2.84. The molecule has 0 aromatic carbocycles. The van der Waals surface area contributed by atoms with E-state index >= 15 is 0 Å². The van der Waals surface area contributed by atoms with Crippen LogP contribution in [0.4, 0.5) is 0 Å². The third kappa shape index (κ3) is 2.84. The van der Waals surface area contributed by atoms with Gasteiger partial charge in [-0.1, -0.05) is 11.6 Å². The minimum absolute atomic E-state index is 0.223. The molecule has 0 bridgehead atoms. The van der Waals surface area contributed by atoms with Crippen LogP contribution in [0.5, 0.6) is 0 Å². The Kier molecular flexibility index (Phi) is 3.46. The zero-order chi connectivity index (χ0) is 10.7. The summed E-state index contributed by atoms with van der Waals surface area (Å²) in [5.41, 5.74) is 0. The Labute approximate surface area is 97.9 Å². The zero-order valence-corrected chi connectivity index (χ0v) is 9.94. The summed E-state index contributed by atoms with van der Waals surface area (Å²) in [6, 6.07) is 8.05. The smallest absolute Gasteiger partial charge is 0.120 e. The predicted molar refractivity (Wildman–Crippen MR) is 63.3 cm³/mol. The molecular weight excluding hydrogens is 230 g/mol. The van der Waals surface area contributed by atoms with Gasteiger partial charge in [0.1, 0.15) is 5.76 Å². The van der Waals surface area contributed by atoms with Gasteiger partial charge in [0.25, 0.3) is 0 Å². The quantitative estimate of drug-likeness (QED) is 0.880. The van der Waals surface area contributed by atoms with Gasteiger partial charge in [0.05, 0.1) is 16.6 Å². The van der Waals surface area contributed by atoms with E-state index in [1.165, 1.54) is 4.88 Å². The van der Waals surface area contributed by atoms with E-state index in [0.29, 0.717) is 0 Å². The largest absolute Gasteiger partial charge is 0.468 e. The first-order chi connectivity index (χ1) is 7.25. The average molecular weight is 242 g/mol. The Balaban J connectivity index is 1.88. The van der Waals surface area contributed by atoms with E-state index in [4.69, 9.17) is 16.0 Å². The highest BCUT2D eigenvalue weighted by Gasteiger charge is 2.07. The van der Waals surface area contributed by atoms with Crippen molar-refractivity contribution in [2.75, 3.05) is 0 Å². The number of thiophene rings is 1. The Morgan fingerprint density at radius 1 is 1.47 bits per heavy atom. The minimum Gasteiger partial charge on any atom is -0.468 e. The lowest BCUT2D eigenvalue weighted by atomic mass is 10.2. The van der Waals surface area contributed by atoms with E-state index in [1.807, 2.05) is 24.3 Å². The van der Waals surface area contributed by atoms with Crippen molar-refractivity contribution < 1.29 is 4.42 Å². The van der Waals surface area contributed by atoms with Crippen LogP contribution in [0.2, 0.25) is 4.34 Å². The van der Waals surface area contributed by atoms with Crippen LogP contribution >= 0.6 is 22.9 Å². The molecule has 0 saturated heterocycles. The molecule has 0 aliphatic rings. The molecule has 1 N–H and O–H groups in total. The van der Waals surface area contributed by atoms with Crippen molar-refractivity contribution in [2.45, 2.75) is 19.5 Å². The summed E-state index contributed by atoms with van der Waals surface area (Å²) in [6.07, 6.45) is 1.69. The Hall–Kier alpha value is -0.770. The Bertz CT molecular complexity index is 410. The van der Waals surface area contributed by atoms with Gasteiger partial charge in [-0.15, -0.1) is 11.3 Å². The van der Waals surface area contributed by atoms with E-state index in [-0.39, 0.29) is 6.04 Å². The molecule has 0 radical (unpaired) electrons. The number of nitrogens with one attached hydrogen (secondary N) is 1. The van der Waals surface area contributed by atoms with Crippen LogP contribution in [0.1, 0.15) is 23.6 Å². The molecule has 2 aromatic rings. The van der Waals surface area contributed by atoms with Gasteiger partial charge < -0.3 is 9.73 Å². The molecule has 4 heteroatoms. The molecular formula is C11H12ClNOS. The van der Waals surface area contributed by atoms with Gasteiger partial charge in [-0.05, 0) is 31.2 Å². The molecule has 0 amide bonds. The van der Waals surface area contributed by atoms with Gasteiger partial charge in [0, 0.05) is 11.4 Å². The summed E-state index contributed by atoms with van der Waals surface area (Å²) >= 11 is 7.45. The molecule has 2 heterocycles. The highest BCUT2D eigenvalue weighted by atomic mass is 35.5. The van der Waals surface area contributed by atoms with Gasteiger partial charge >= 0.3 is 0 Å². The fraction of sp³-hybridized carbons (Fsp3) is 0.273. The number of halogens is 1. The molecule has 0 saturated carbocycles. The van der Waals surface area contributed by atoms with Gasteiger partial charge in [0.15, 0.2) is 0 Å². The van der Waals surface area contributed by atoms with E-state index in [0.717, 1.165) is 16.6 Å². The highest BCUT2D eigenvalue weighted by molar-refractivity contribution is 7.16. The molecule has 0 unspecified atom stereocenters. The fourth-order valence-electron chi connectivity index (χ4n) is 1.34. The molecule has 1 atom stereocenters. The van der Waals surface area contributed by atoms with Crippen molar-refractivity contribution in [3.05, 3.63) is 45.5 Å². The maximum Gasteiger partial charge on any atom is 0.120 e. The first kappa shape index (κ1) is 10.7. The topological polar surface area (TPSA) is 25.2 Å². The van der Waals surface area contributed by atoms with E-state index in [9.17, 15) is 0 Å². The second kappa shape index (κ2) is 4.84. The maximum atomic E-state index is 5.85. The van der Waals surface area contributed by atoms with Crippen molar-refractivity contribution in [3.8, 4) is 0 Å². The van der Waals surface area contributed by atoms with Crippen LogP contribution in [0, 0.1) is 0 Å². The normalized spacial score (nSPS) is 12.9. The fourth-order valence-corrected chi connectivity index (χ4v) is 2.38. The molecule has 0 spiro atoms. The van der Waals surface area contributed by atoms with E-state index in [2.05, 4.69) is 12.2 Å². The molecule has 0 aliphatic carbocycles. The SMILES string of the molecule is C[C@H](NCc1ccc(Cl)s1)c1ccco1. The van der Waals surface area contributed by atoms with Crippen molar-refractivity contribution in [2.24, 2.45) is 0 Å². The van der Waals surface area contributed by atoms with Gasteiger partial charge in [0.2, 0.25) is 0 Å². The predicted octanol–water partition coefficient (Wildman–Crippen LogP) is 3.85. The van der Waals surface area contributed by atoms with Crippen LogP contribution in [-0.4, -0.2) is 0 Å². The van der Waals surface area contributed by atoms with Crippen molar-refractivity contribution >= 4 is 22.9 Å². The zero-order valence-electron chi connectivity index (χ0n) is 8.37. The van der Waals surface area contributed by atoms with Crippen molar-refractivity contribution in [3.63, 3.8) is 0 Å². The van der Waals surface area contributed by atoms with Crippen LogP contribution < -0.4 is 5.32 Å². The van der Waals surface area contributed by atoms with Gasteiger partial charge in [-0.25, -0.2) is 0 Å². The van der Waals surface area contributed by atoms with E-state index < -0.39 is 0 Å². The van der Waals surface area contributed by atoms with Crippen LogP contribution in [0.15, 0.2) is 34.9 Å². The lowest BCUT2D eigenvalue weighted by molar-refractivity contribution is 0.431. The molecule has 2 aromatic heterocycles. The van der Waals surface area contributed by atoms with Crippen LogP contribution in [0.25, 0.3) is 0 Å². The second-order valence-corrected chi connectivity index (χ2v) is 5.12. The first-order valence-electron chi connectivity index (χ1n) is 4.76. The highest BCUT2D eigenvalue weighted by Crippen LogP contribution is 2.22. The summed E-state index contributed by atoms with van der Waals surface area (Å²) < 4.78 is 6.13. The molecule has 0 fully saturated rings. The lowest BCUT2D eigenvalue weighted by Crippen LogP contribution is -2.16. The van der Waals surface area contributed by atoms with Gasteiger partial charge in [-0.2, -0.15) is 0 Å². The summed E-state index contributed by atoms with van der Waals surface area (Å²) in [7, 11) is 0. The third-order valence-corrected chi connectivity index (χ3v) is 3.41. The van der Waals surface area contributed by atoms with E-state index in [1.54, 1.807) is 17.6 Å². The second-order valence-electron chi connectivity index (χ2n) is 3.32. The monoisotopic (exact) mass is 241 g/mol. The number of hydrogen-bond acceptors (Lipinski definition) is 3. The third-order valence-electron chi connectivity index (χ3n) is 2.18. The number of rotatable bonds is 4. The molecule has 80 valence electrons. The van der Waals surface area contributed by atoms with Crippen molar-refractivity contribution in [1.29, 1.82) is 0 Å². The van der Waals surface area contributed by atoms with Crippen LogP contribution in [-0.2, 0) is 6.54 Å². The Morgan fingerprint density at radius 2 is 2.33 bits per heavy atom. The summed E-state index contributed by atoms with van der Waals surface area (Å²) in [6.45, 7) is 2.90. The molecule has 15 heavy (non-hydrogen) atoms. The first-order valence-corrected chi connectivity index (χ1v) is 5.96. The minimum atomic E-state index is 0.223. The standard InChI is InChI=1S/C11H12ClNOS/c1-8(10-3-2-6-14-10)13-7-9-4-5-11(12)15-9/h2-6,8,13H,7H2,1H3/t8-/m0/s1. The molecule has 2 rings (SSSR count). The van der Waals surface area contributed by atoms with Gasteiger partial charge in [-0.3, -0.25) is 0 Å². The summed E-state index contributed by atoms with van der Waals surface area (Å²) in [4.78, 5) is 1.23. The molecule has 0 aliphatic heterocycles. The number of furan rings is 1. The summed E-state index contributed by atoms with van der Waals surface area (Å²) in [5, 5.41) is 3.37. The van der Waals surface area contributed by atoms with Crippen LogP contribution in [0.3, 0.4) is 0 Å².